The summed E-state index contributed by atoms with van der Waals surface area (Å²) in [4.78, 5) is 31.2. The molecule has 38 heavy (non-hydrogen) atoms. The largest absolute Gasteiger partial charge is 0.450 e. The fourth-order valence-corrected chi connectivity index (χ4v) is 7.02. The SMILES string of the molecule is CCOC(=O)N1CCN(S(=O)(=O)N2CCCC(C(=O)NCCN3CCN(Cc4ccccc4)CC3)C2)CC1. The summed E-state index contributed by atoms with van der Waals surface area (Å²) in [6, 6.07) is 10.5. The number of hydrogen-bond acceptors (Lipinski definition) is 7. The Morgan fingerprint density at radius 3 is 2.29 bits per heavy atom. The maximum atomic E-state index is 13.2. The first-order valence-corrected chi connectivity index (χ1v) is 15.2. The predicted octanol–water partition coefficient (Wildman–Crippen LogP) is 0.651. The van der Waals surface area contributed by atoms with E-state index in [1.165, 1.54) is 19.1 Å². The summed E-state index contributed by atoms with van der Waals surface area (Å²) in [5.41, 5.74) is 1.33. The van der Waals surface area contributed by atoms with Crippen molar-refractivity contribution >= 4 is 22.2 Å². The van der Waals surface area contributed by atoms with E-state index in [2.05, 4.69) is 39.4 Å². The van der Waals surface area contributed by atoms with E-state index in [0.29, 0.717) is 45.6 Å². The Balaban J connectivity index is 1.16. The Labute approximate surface area is 226 Å². The van der Waals surface area contributed by atoms with Crippen molar-refractivity contribution in [2.75, 3.05) is 85.1 Å². The molecule has 0 aromatic heterocycles. The number of piperazine rings is 2. The van der Waals surface area contributed by atoms with Crippen LogP contribution in [0.5, 0.6) is 0 Å². The Hall–Kier alpha value is -2.25. The summed E-state index contributed by atoms with van der Waals surface area (Å²) < 4.78 is 34.4. The van der Waals surface area contributed by atoms with Crippen LogP contribution in [-0.4, -0.2) is 129 Å². The number of benzene rings is 1. The van der Waals surface area contributed by atoms with E-state index >= 15 is 0 Å². The van der Waals surface area contributed by atoms with E-state index < -0.39 is 16.3 Å². The van der Waals surface area contributed by atoms with Crippen LogP contribution < -0.4 is 5.32 Å². The third-order valence-corrected chi connectivity index (χ3v) is 9.62. The van der Waals surface area contributed by atoms with Gasteiger partial charge >= 0.3 is 6.09 Å². The normalized spacial score (nSPS) is 22.8. The monoisotopic (exact) mass is 550 g/mol. The summed E-state index contributed by atoms with van der Waals surface area (Å²) in [5, 5.41) is 3.05. The average Bonchev–Trinajstić information content (AvgIpc) is 2.95. The Bertz CT molecular complexity index is 1010. The van der Waals surface area contributed by atoms with Gasteiger partial charge in [0.2, 0.25) is 5.91 Å². The molecule has 2 amide bonds. The quantitative estimate of drug-likeness (QED) is 0.481. The van der Waals surface area contributed by atoms with Gasteiger partial charge < -0.3 is 15.0 Å². The Morgan fingerprint density at radius 1 is 0.921 bits per heavy atom. The first-order valence-electron chi connectivity index (χ1n) is 13.8. The van der Waals surface area contributed by atoms with E-state index in [-0.39, 0.29) is 31.5 Å². The first-order chi connectivity index (χ1) is 18.4. The third-order valence-electron chi connectivity index (χ3n) is 7.61. The third kappa shape index (κ3) is 7.66. The van der Waals surface area contributed by atoms with Gasteiger partial charge in [-0.25, -0.2) is 4.79 Å². The van der Waals surface area contributed by atoms with Crippen LogP contribution in [0.4, 0.5) is 4.79 Å². The number of amides is 2. The second-order valence-electron chi connectivity index (χ2n) is 10.2. The second kappa shape index (κ2) is 13.7. The highest BCUT2D eigenvalue weighted by Gasteiger charge is 2.37. The van der Waals surface area contributed by atoms with Crippen molar-refractivity contribution in [3.8, 4) is 0 Å². The highest BCUT2D eigenvalue weighted by molar-refractivity contribution is 7.86. The van der Waals surface area contributed by atoms with Crippen molar-refractivity contribution in [3.63, 3.8) is 0 Å². The van der Waals surface area contributed by atoms with Crippen LogP contribution in [-0.2, 0) is 26.3 Å². The molecule has 11 nitrogen and oxygen atoms in total. The average molecular weight is 551 g/mol. The van der Waals surface area contributed by atoms with E-state index in [0.717, 1.165) is 39.3 Å². The summed E-state index contributed by atoms with van der Waals surface area (Å²) in [7, 11) is -3.68. The summed E-state index contributed by atoms with van der Waals surface area (Å²) >= 11 is 0. The van der Waals surface area contributed by atoms with Gasteiger partial charge in [0.05, 0.1) is 12.5 Å². The number of nitrogens with zero attached hydrogens (tertiary/aromatic N) is 5. The van der Waals surface area contributed by atoms with Gasteiger partial charge in [-0.05, 0) is 25.3 Å². The van der Waals surface area contributed by atoms with Crippen LogP contribution in [0.15, 0.2) is 30.3 Å². The summed E-state index contributed by atoms with van der Waals surface area (Å²) in [5.74, 6) is -0.415. The summed E-state index contributed by atoms with van der Waals surface area (Å²) in [6.45, 7) is 10.0. The lowest BCUT2D eigenvalue weighted by molar-refractivity contribution is -0.126. The van der Waals surface area contributed by atoms with Gasteiger partial charge in [-0.2, -0.15) is 17.0 Å². The molecule has 3 heterocycles. The van der Waals surface area contributed by atoms with Crippen molar-refractivity contribution in [2.45, 2.75) is 26.3 Å². The molecular formula is C26H42N6O5S. The molecule has 12 heteroatoms. The zero-order valence-electron chi connectivity index (χ0n) is 22.5. The molecule has 1 N–H and O–H groups in total. The lowest BCUT2D eigenvalue weighted by atomic mass is 9.99. The van der Waals surface area contributed by atoms with Crippen molar-refractivity contribution in [1.29, 1.82) is 0 Å². The highest BCUT2D eigenvalue weighted by Crippen LogP contribution is 2.22. The molecule has 4 rings (SSSR count). The molecule has 3 saturated heterocycles. The molecule has 3 fully saturated rings. The molecule has 0 saturated carbocycles. The lowest BCUT2D eigenvalue weighted by Gasteiger charge is -2.38. The van der Waals surface area contributed by atoms with Gasteiger partial charge in [0.15, 0.2) is 0 Å². The molecule has 0 spiro atoms. The van der Waals surface area contributed by atoms with Gasteiger partial charge in [-0.15, -0.1) is 0 Å². The molecule has 3 aliphatic heterocycles. The molecule has 3 aliphatic rings. The standard InChI is InChI=1S/C26H42N6O5S/c1-2-37-26(34)30-17-19-31(20-18-30)38(35,36)32-11-6-9-24(22-32)25(33)27-10-12-28-13-15-29(16-14-28)21-23-7-4-3-5-8-23/h3-5,7-8,24H,2,6,9-22H2,1H3,(H,27,33). The number of carbonyl (C=O) groups is 2. The zero-order valence-corrected chi connectivity index (χ0v) is 23.3. The van der Waals surface area contributed by atoms with Gasteiger partial charge in [-0.1, -0.05) is 30.3 Å². The van der Waals surface area contributed by atoms with Crippen LogP contribution in [0, 0.1) is 5.92 Å². The topological polar surface area (TPSA) is 106 Å². The summed E-state index contributed by atoms with van der Waals surface area (Å²) in [6.07, 6.45) is 0.934. The van der Waals surface area contributed by atoms with Gasteiger partial charge in [0.25, 0.3) is 10.2 Å². The van der Waals surface area contributed by atoms with E-state index in [1.54, 1.807) is 6.92 Å². The Morgan fingerprint density at radius 2 is 1.61 bits per heavy atom. The fraction of sp³-hybridized carbons (Fsp3) is 0.692. The van der Waals surface area contributed by atoms with E-state index in [9.17, 15) is 18.0 Å². The number of rotatable bonds is 9. The number of carbonyl (C=O) groups excluding carboxylic acids is 2. The van der Waals surface area contributed by atoms with Gasteiger partial charge in [-0.3, -0.25) is 14.6 Å². The minimum absolute atomic E-state index is 0.0697. The molecule has 212 valence electrons. The first kappa shape index (κ1) is 28.8. The van der Waals surface area contributed by atoms with Crippen LogP contribution in [0.1, 0.15) is 25.3 Å². The number of ether oxygens (including phenoxy) is 1. The van der Waals surface area contributed by atoms with Gasteiger partial charge in [0, 0.05) is 85.1 Å². The minimum atomic E-state index is -3.68. The van der Waals surface area contributed by atoms with Crippen LogP contribution >= 0.6 is 0 Å². The van der Waals surface area contributed by atoms with E-state index in [4.69, 9.17) is 4.74 Å². The van der Waals surface area contributed by atoms with Crippen LogP contribution in [0.25, 0.3) is 0 Å². The maximum absolute atomic E-state index is 13.2. The number of nitrogens with one attached hydrogen (secondary N) is 1. The fourth-order valence-electron chi connectivity index (χ4n) is 5.34. The van der Waals surface area contributed by atoms with Crippen molar-refractivity contribution in [3.05, 3.63) is 35.9 Å². The van der Waals surface area contributed by atoms with Crippen LogP contribution in [0.3, 0.4) is 0 Å². The predicted molar refractivity (Wildman–Crippen MR) is 145 cm³/mol. The Kier molecular flexibility index (Phi) is 10.4. The molecule has 0 bridgehead atoms. The minimum Gasteiger partial charge on any atom is -0.450 e. The van der Waals surface area contributed by atoms with Crippen molar-refractivity contribution < 1.29 is 22.7 Å². The second-order valence-corrected chi connectivity index (χ2v) is 12.1. The number of hydrogen-bond donors (Lipinski definition) is 1. The van der Waals surface area contributed by atoms with Gasteiger partial charge in [0.1, 0.15) is 0 Å². The van der Waals surface area contributed by atoms with Crippen molar-refractivity contribution in [1.82, 2.24) is 28.6 Å². The smallest absolute Gasteiger partial charge is 0.409 e. The lowest BCUT2D eigenvalue weighted by Crippen LogP contribution is -2.56. The molecule has 0 radical (unpaired) electrons. The molecule has 0 aliphatic carbocycles. The molecule has 1 aromatic rings. The number of piperidine rings is 1. The molecular weight excluding hydrogens is 508 g/mol. The molecule has 1 atom stereocenters. The molecule has 1 unspecified atom stereocenters. The van der Waals surface area contributed by atoms with Crippen LogP contribution in [0.2, 0.25) is 0 Å². The highest BCUT2D eigenvalue weighted by atomic mass is 32.2. The van der Waals surface area contributed by atoms with Crippen molar-refractivity contribution in [2.24, 2.45) is 5.92 Å². The zero-order chi connectivity index (χ0) is 27.0. The van der Waals surface area contributed by atoms with E-state index in [1.807, 2.05) is 6.07 Å². The molecule has 1 aromatic carbocycles. The maximum Gasteiger partial charge on any atom is 0.409 e.